The molecule has 1 aliphatic rings. The van der Waals surface area contributed by atoms with E-state index >= 15 is 0 Å². The van der Waals surface area contributed by atoms with Crippen LogP contribution in [0, 0.1) is 0 Å². The summed E-state index contributed by atoms with van der Waals surface area (Å²) in [6.07, 6.45) is 5.74. The molecular formula is C19H30N2O3. The summed E-state index contributed by atoms with van der Waals surface area (Å²) in [4.78, 5) is 14.3. The van der Waals surface area contributed by atoms with E-state index in [1.165, 1.54) is 24.8 Å². The van der Waals surface area contributed by atoms with Gasteiger partial charge in [-0.25, -0.2) is 0 Å². The van der Waals surface area contributed by atoms with Crippen molar-refractivity contribution in [1.29, 1.82) is 0 Å². The smallest absolute Gasteiger partial charge is 0.236 e. The first-order valence-corrected chi connectivity index (χ1v) is 8.91. The standard InChI is InChI=1S/C19H30N2O3/c1-4-5-6-7-9-20-13-19(22)21-10-8-15-11-17(23-2)18(24-3)12-16(15)14-21/h11-12,20H,4-10,13-14H2,1-3H3. The zero-order valence-electron chi connectivity index (χ0n) is 15.2. The van der Waals surface area contributed by atoms with E-state index < -0.39 is 0 Å². The van der Waals surface area contributed by atoms with Gasteiger partial charge in [0.25, 0.3) is 0 Å². The molecular weight excluding hydrogens is 304 g/mol. The minimum atomic E-state index is 0.172. The lowest BCUT2D eigenvalue weighted by molar-refractivity contribution is -0.131. The number of nitrogens with zero attached hydrogens (tertiary/aromatic N) is 1. The van der Waals surface area contributed by atoms with Gasteiger partial charge in [0.1, 0.15) is 0 Å². The second-order valence-electron chi connectivity index (χ2n) is 6.28. The highest BCUT2D eigenvalue weighted by molar-refractivity contribution is 5.78. The van der Waals surface area contributed by atoms with Gasteiger partial charge in [-0.2, -0.15) is 0 Å². The maximum absolute atomic E-state index is 12.4. The van der Waals surface area contributed by atoms with Crippen molar-refractivity contribution < 1.29 is 14.3 Å². The van der Waals surface area contributed by atoms with Crippen molar-refractivity contribution in [3.63, 3.8) is 0 Å². The van der Waals surface area contributed by atoms with Crippen LogP contribution in [0.15, 0.2) is 12.1 Å². The lowest BCUT2D eigenvalue weighted by Crippen LogP contribution is -2.41. The first-order valence-electron chi connectivity index (χ1n) is 8.91. The van der Waals surface area contributed by atoms with Gasteiger partial charge in [-0.3, -0.25) is 4.79 Å². The van der Waals surface area contributed by atoms with E-state index in [1.54, 1.807) is 14.2 Å². The number of rotatable bonds is 9. The number of benzene rings is 1. The summed E-state index contributed by atoms with van der Waals surface area (Å²) in [5, 5.41) is 3.27. The number of carbonyl (C=O) groups is 1. The highest BCUT2D eigenvalue weighted by Crippen LogP contribution is 2.33. The molecule has 0 atom stereocenters. The van der Waals surface area contributed by atoms with E-state index in [0.29, 0.717) is 13.1 Å². The van der Waals surface area contributed by atoms with Crippen LogP contribution in [0.5, 0.6) is 11.5 Å². The highest BCUT2D eigenvalue weighted by Gasteiger charge is 2.22. The number of methoxy groups -OCH3 is 2. The molecule has 0 bridgehead atoms. The van der Waals surface area contributed by atoms with Gasteiger partial charge < -0.3 is 19.7 Å². The number of nitrogens with one attached hydrogen (secondary N) is 1. The van der Waals surface area contributed by atoms with E-state index in [1.807, 2.05) is 17.0 Å². The third-order valence-corrected chi connectivity index (χ3v) is 4.55. The molecule has 1 aromatic rings. The summed E-state index contributed by atoms with van der Waals surface area (Å²) < 4.78 is 10.7. The second-order valence-corrected chi connectivity index (χ2v) is 6.28. The molecule has 1 amide bonds. The van der Waals surface area contributed by atoms with Crippen molar-refractivity contribution in [2.45, 2.75) is 45.6 Å². The average molecular weight is 334 g/mol. The van der Waals surface area contributed by atoms with Crippen molar-refractivity contribution in [2.24, 2.45) is 0 Å². The molecule has 0 radical (unpaired) electrons. The van der Waals surface area contributed by atoms with Crippen LogP contribution in [0.4, 0.5) is 0 Å². The number of unbranched alkanes of at least 4 members (excludes halogenated alkanes) is 3. The molecule has 0 fully saturated rings. The molecule has 0 saturated heterocycles. The Hall–Kier alpha value is -1.75. The Morgan fingerprint density at radius 3 is 2.50 bits per heavy atom. The van der Waals surface area contributed by atoms with Crippen LogP contribution in [0.25, 0.3) is 0 Å². The van der Waals surface area contributed by atoms with Gasteiger partial charge in [0.05, 0.1) is 20.8 Å². The Morgan fingerprint density at radius 2 is 1.83 bits per heavy atom. The van der Waals surface area contributed by atoms with Crippen molar-refractivity contribution >= 4 is 5.91 Å². The van der Waals surface area contributed by atoms with Crippen LogP contribution < -0.4 is 14.8 Å². The van der Waals surface area contributed by atoms with Crippen LogP contribution in [0.3, 0.4) is 0 Å². The van der Waals surface area contributed by atoms with E-state index in [4.69, 9.17) is 9.47 Å². The minimum absolute atomic E-state index is 0.172. The SMILES string of the molecule is CCCCCCNCC(=O)N1CCc2cc(OC)c(OC)cc2C1. The molecule has 1 aliphatic heterocycles. The molecule has 0 aromatic heterocycles. The molecule has 1 N–H and O–H groups in total. The first kappa shape index (κ1) is 18.6. The van der Waals surface area contributed by atoms with Gasteiger partial charge in [0, 0.05) is 13.1 Å². The predicted octanol–water partition coefficient (Wildman–Crippen LogP) is 2.76. The molecule has 134 valence electrons. The molecule has 5 heteroatoms. The summed E-state index contributed by atoms with van der Waals surface area (Å²) >= 11 is 0. The summed E-state index contributed by atoms with van der Waals surface area (Å²) in [5.74, 6) is 1.65. The monoisotopic (exact) mass is 334 g/mol. The maximum Gasteiger partial charge on any atom is 0.236 e. The first-order chi connectivity index (χ1) is 11.7. The second kappa shape index (κ2) is 9.52. The Labute approximate surface area is 145 Å². The van der Waals surface area contributed by atoms with Crippen molar-refractivity contribution in [3.8, 4) is 11.5 Å². The Kier molecular flexibility index (Phi) is 7.37. The Bertz CT molecular complexity index is 546. The topological polar surface area (TPSA) is 50.8 Å². The van der Waals surface area contributed by atoms with Gasteiger partial charge >= 0.3 is 0 Å². The fourth-order valence-corrected chi connectivity index (χ4v) is 3.08. The number of fused-ring (bicyclic) bond motifs is 1. The summed E-state index contributed by atoms with van der Waals surface area (Å²) in [6.45, 7) is 4.95. The van der Waals surface area contributed by atoms with Gasteiger partial charge in [-0.15, -0.1) is 0 Å². The fourth-order valence-electron chi connectivity index (χ4n) is 3.08. The molecule has 2 rings (SSSR count). The van der Waals surface area contributed by atoms with Crippen LogP contribution in [-0.2, 0) is 17.8 Å². The predicted molar refractivity (Wildman–Crippen MR) is 95.7 cm³/mol. The Morgan fingerprint density at radius 1 is 1.12 bits per heavy atom. The van der Waals surface area contributed by atoms with E-state index in [0.717, 1.165) is 43.0 Å². The van der Waals surface area contributed by atoms with Crippen molar-refractivity contribution in [1.82, 2.24) is 10.2 Å². The third-order valence-electron chi connectivity index (χ3n) is 4.55. The number of ether oxygens (including phenoxy) is 2. The fraction of sp³-hybridized carbons (Fsp3) is 0.632. The van der Waals surface area contributed by atoms with Crippen molar-refractivity contribution in [3.05, 3.63) is 23.3 Å². The quantitative estimate of drug-likeness (QED) is 0.706. The van der Waals surface area contributed by atoms with Crippen LogP contribution in [0.2, 0.25) is 0 Å². The maximum atomic E-state index is 12.4. The zero-order valence-corrected chi connectivity index (χ0v) is 15.2. The van der Waals surface area contributed by atoms with Crippen molar-refractivity contribution in [2.75, 3.05) is 33.9 Å². The van der Waals surface area contributed by atoms with E-state index in [2.05, 4.69) is 12.2 Å². The zero-order chi connectivity index (χ0) is 17.4. The molecule has 0 saturated carbocycles. The summed E-state index contributed by atoms with van der Waals surface area (Å²) in [6, 6.07) is 4.02. The highest BCUT2D eigenvalue weighted by atomic mass is 16.5. The summed E-state index contributed by atoms with van der Waals surface area (Å²) in [7, 11) is 3.29. The normalized spacial score (nSPS) is 13.5. The largest absolute Gasteiger partial charge is 0.493 e. The lowest BCUT2D eigenvalue weighted by Gasteiger charge is -2.29. The molecule has 24 heavy (non-hydrogen) atoms. The molecule has 1 heterocycles. The third kappa shape index (κ3) is 4.87. The molecule has 0 aliphatic carbocycles. The Balaban J connectivity index is 1.86. The van der Waals surface area contributed by atoms with Crippen LogP contribution in [-0.4, -0.2) is 44.7 Å². The van der Waals surface area contributed by atoms with Gasteiger partial charge in [0.2, 0.25) is 5.91 Å². The summed E-state index contributed by atoms with van der Waals surface area (Å²) in [5.41, 5.74) is 2.39. The van der Waals surface area contributed by atoms with E-state index in [-0.39, 0.29) is 5.91 Å². The molecule has 1 aromatic carbocycles. The van der Waals surface area contributed by atoms with Gasteiger partial charge in [-0.1, -0.05) is 26.2 Å². The number of hydrogen-bond acceptors (Lipinski definition) is 4. The molecule has 0 unspecified atom stereocenters. The molecule has 0 spiro atoms. The van der Waals surface area contributed by atoms with Gasteiger partial charge in [0.15, 0.2) is 11.5 Å². The number of amides is 1. The minimum Gasteiger partial charge on any atom is -0.493 e. The van der Waals surface area contributed by atoms with Crippen LogP contribution in [0.1, 0.15) is 43.7 Å². The van der Waals surface area contributed by atoms with E-state index in [9.17, 15) is 4.79 Å². The van der Waals surface area contributed by atoms with Gasteiger partial charge in [-0.05, 0) is 42.6 Å². The number of hydrogen-bond donors (Lipinski definition) is 1. The van der Waals surface area contributed by atoms with Crippen LogP contribution >= 0.6 is 0 Å². The lowest BCUT2D eigenvalue weighted by atomic mass is 9.98. The molecule has 5 nitrogen and oxygen atoms in total. The number of carbonyl (C=O) groups excluding carboxylic acids is 1. The average Bonchev–Trinajstić information content (AvgIpc) is 2.62.